The van der Waals surface area contributed by atoms with Crippen molar-refractivity contribution < 1.29 is 19.8 Å². The van der Waals surface area contributed by atoms with Crippen LogP contribution in [0.2, 0.25) is 0 Å². The summed E-state index contributed by atoms with van der Waals surface area (Å²) >= 11 is 4.74. The molecule has 0 amide bonds. The summed E-state index contributed by atoms with van der Waals surface area (Å²) in [5, 5.41) is 18.6. The lowest BCUT2D eigenvalue weighted by Gasteiger charge is -2.00. The first-order valence-electron chi connectivity index (χ1n) is 4.34. The minimum Gasteiger partial charge on any atom is -0.480 e. The smallest absolute Gasteiger partial charge is 0.322 e. The molecule has 0 aliphatic carbocycles. The van der Waals surface area contributed by atoms with Crippen molar-refractivity contribution in [2.75, 3.05) is 17.7 Å². The van der Waals surface area contributed by atoms with E-state index in [1.807, 2.05) is 30.3 Å². The molecule has 0 atom stereocenters. The maximum atomic E-state index is 10.1. The highest BCUT2D eigenvalue weighted by molar-refractivity contribution is 6.26. The SMILES string of the molecule is O=C(O)CCl.O=C(O)CNc1ccccc1. The number of nitrogens with one attached hydrogen (secondary N) is 1. The van der Waals surface area contributed by atoms with Crippen molar-refractivity contribution in [2.24, 2.45) is 0 Å². The third-order valence-corrected chi connectivity index (χ3v) is 1.56. The minimum absolute atomic E-state index is 0.0377. The van der Waals surface area contributed by atoms with Crippen LogP contribution < -0.4 is 5.32 Å². The van der Waals surface area contributed by atoms with E-state index in [0.29, 0.717) is 0 Å². The fraction of sp³-hybridized carbons (Fsp3) is 0.200. The van der Waals surface area contributed by atoms with Gasteiger partial charge < -0.3 is 15.5 Å². The zero-order chi connectivity index (χ0) is 12.4. The van der Waals surface area contributed by atoms with Crippen LogP contribution in [0.3, 0.4) is 0 Å². The maximum Gasteiger partial charge on any atom is 0.322 e. The number of aliphatic carboxylic acids is 2. The van der Waals surface area contributed by atoms with E-state index in [2.05, 4.69) is 5.32 Å². The summed E-state index contributed by atoms with van der Waals surface area (Å²) in [6.07, 6.45) is 0. The lowest BCUT2D eigenvalue weighted by molar-refractivity contribution is -0.135. The summed E-state index contributed by atoms with van der Waals surface area (Å²) in [6, 6.07) is 9.23. The Labute approximate surface area is 97.7 Å². The Hall–Kier alpha value is -1.75. The lowest BCUT2D eigenvalue weighted by Crippen LogP contribution is -2.11. The topological polar surface area (TPSA) is 86.6 Å². The maximum absolute atomic E-state index is 10.1. The summed E-state index contributed by atoms with van der Waals surface area (Å²) in [5.74, 6) is -2.14. The monoisotopic (exact) mass is 245 g/mol. The molecule has 0 aliphatic rings. The van der Waals surface area contributed by atoms with Crippen molar-refractivity contribution in [3.63, 3.8) is 0 Å². The van der Waals surface area contributed by atoms with Gasteiger partial charge in [0.05, 0.1) is 0 Å². The summed E-state index contributed by atoms with van der Waals surface area (Å²) in [6.45, 7) is -0.0377. The summed E-state index contributed by atoms with van der Waals surface area (Å²) < 4.78 is 0. The Bertz CT molecular complexity index is 329. The predicted molar refractivity (Wildman–Crippen MR) is 60.9 cm³/mol. The van der Waals surface area contributed by atoms with Gasteiger partial charge in [-0.15, -0.1) is 11.6 Å². The lowest BCUT2D eigenvalue weighted by atomic mass is 10.3. The molecule has 1 aromatic rings. The van der Waals surface area contributed by atoms with Gasteiger partial charge in [-0.25, -0.2) is 0 Å². The Morgan fingerprint density at radius 2 is 1.62 bits per heavy atom. The third kappa shape index (κ3) is 8.83. The molecule has 0 saturated heterocycles. The molecular weight excluding hydrogens is 234 g/mol. The average molecular weight is 246 g/mol. The fourth-order valence-electron chi connectivity index (χ4n) is 0.734. The van der Waals surface area contributed by atoms with Gasteiger partial charge in [-0.2, -0.15) is 0 Å². The van der Waals surface area contributed by atoms with Crippen LogP contribution in [-0.4, -0.2) is 34.6 Å². The van der Waals surface area contributed by atoms with Crippen LogP contribution in [0.5, 0.6) is 0 Å². The normalized spacial score (nSPS) is 8.56. The quantitative estimate of drug-likeness (QED) is 0.700. The van der Waals surface area contributed by atoms with Crippen LogP contribution in [0, 0.1) is 0 Å². The molecule has 0 aliphatic heterocycles. The minimum atomic E-state index is -0.980. The van der Waals surface area contributed by atoms with Gasteiger partial charge in [0.2, 0.25) is 0 Å². The molecule has 0 spiro atoms. The van der Waals surface area contributed by atoms with E-state index in [-0.39, 0.29) is 12.4 Å². The standard InChI is InChI=1S/C8H9NO2.C2H3ClO2/c10-8(11)6-9-7-4-2-1-3-5-7;3-1-2(4)5/h1-5,9H,6H2,(H,10,11);1H2,(H,4,5). The van der Waals surface area contributed by atoms with Crippen molar-refractivity contribution in [1.29, 1.82) is 0 Å². The molecule has 5 nitrogen and oxygen atoms in total. The van der Waals surface area contributed by atoms with Crippen LogP contribution in [-0.2, 0) is 9.59 Å². The van der Waals surface area contributed by atoms with Gasteiger partial charge >= 0.3 is 11.9 Å². The predicted octanol–water partition coefficient (Wildman–Crippen LogP) is 1.49. The molecule has 0 heterocycles. The molecule has 0 aromatic heterocycles. The first-order chi connectivity index (χ1) is 7.56. The number of alkyl halides is 1. The van der Waals surface area contributed by atoms with Gasteiger partial charge in [-0.1, -0.05) is 18.2 Å². The van der Waals surface area contributed by atoms with E-state index in [1.165, 1.54) is 0 Å². The second-order valence-electron chi connectivity index (χ2n) is 2.64. The molecule has 3 N–H and O–H groups in total. The van der Waals surface area contributed by atoms with Crippen molar-refractivity contribution >= 4 is 29.2 Å². The van der Waals surface area contributed by atoms with Crippen molar-refractivity contribution in [3.8, 4) is 0 Å². The Kier molecular flexibility index (Phi) is 7.61. The van der Waals surface area contributed by atoms with E-state index in [4.69, 9.17) is 21.8 Å². The van der Waals surface area contributed by atoms with E-state index in [9.17, 15) is 9.59 Å². The van der Waals surface area contributed by atoms with Crippen molar-refractivity contribution in [3.05, 3.63) is 30.3 Å². The molecule has 0 saturated carbocycles. The summed E-state index contributed by atoms with van der Waals surface area (Å²) in [5.41, 5.74) is 0.829. The molecule has 1 rings (SSSR count). The Morgan fingerprint density at radius 3 is 2.00 bits per heavy atom. The number of carbonyl (C=O) groups is 2. The van der Waals surface area contributed by atoms with Crippen LogP contribution in [0.25, 0.3) is 0 Å². The van der Waals surface area contributed by atoms with E-state index < -0.39 is 11.9 Å². The van der Waals surface area contributed by atoms with Crippen LogP contribution in [0.1, 0.15) is 0 Å². The number of carboxylic acids is 2. The van der Waals surface area contributed by atoms with Gasteiger partial charge in [0, 0.05) is 5.69 Å². The van der Waals surface area contributed by atoms with E-state index in [0.717, 1.165) is 5.69 Å². The largest absolute Gasteiger partial charge is 0.480 e. The van der Waals surface area contributed by atoms with Gasteiger partial charge in [0.15, 0.2) is 0 Å². The molecule has 1 aromatic carbocycles. The van der Waals surface area contributed by atoms with Gasteiger partial charge in [0.25, 0.3) is 0 Å². The third-order valence-electron chi connectivity index (χ3n) is 1.33. The highest BCUT2D eigenvalue weighted by Gasteiger charge is 1.94. The molecule has 16 heavy (non-hydrogen) atoms. The molecule has 0 radical (unpaired) electrons. The molecule has 0 fully saturated rings. The number of halogens is 1. The number of hydrogen-bond donors (Lipinski definition) is 3. The highest BCUT2D eigenvalue weighted by Crippen LogP contribution is 2.03. The second kappa shape index (κ2) is 8.55. The first-order valence-corrected chi connectivity index (χ1v) is 4.88. The van der Waals surface area contributed by atoms with E-state index in [1.54, 1.807) is 0 Å². The van der Waals surface area contributed by atoms with Crippen molar-refractivity contribution in [1.82, 2.24) is 0 Å². The average Bonchev–Trinajstić information content (AvgIpc) is 2.28. The molecular formula is C10H12ClNO4. The fourth-order valence-corrected chi connectivity index (χ4v) is 0.734. The molecule has 0 unspecified atom stereocenters. The number of benzene rings is 1. The molecule has 0 bridgehead atoms. The van der Waals surface area contributed by atoms with Gasteiger partial charge in [-0.05, 0) is 12.1 Å². The number of carboxylic acid groups (broad SMARTS) is 2. The Balaban J connectivity index is 0.000000385. The van der Waals surface area contributed by atoms with Crippen LogP contribution >= 0.6 is 11.6 Å². The second-order valence-corrected chi connectivity index (χ2v) is 2.91. The molecule has 6 heteroatoms. The van der Waals surface area contributed by atoms with Gasteiger partial charge in [0.1, 0.15) is 12.4 Å². The first kappa shape index (κ1) is 14.2. The van der Waals surface area contributed by atoms with Crippen molar-refractivity contribution in [2.45, 2.75) is 0 Å². The zero-order valence-electron chi connectivity index (χ0n) is 8.39. The number of hydrogen-bond acceptors (Lipinski definition) is 3. The summed E-state index contributed by atoms with van der Waals surface area (Å²) in [4.78, 5) is 19.3. The number of anilines is 1. The Morgan fingerprint density at radius 1 is 1.12 bits per heavy atom. The number of rotatable bonds is 4. The summed E-state index contributed by atoms with van der Waals surface area (Å²) in [7, 11) is 0. The van der Waals surface area contributed by atoms with Gasteiger partial charge in [-0.3, -0.25) is 9.59 Å². The van der Waals surface area contributed by atoms with E-state index >= 15 is 0 Å². The van der Waals surface area contributed by atoms with Crippen LogP contribution in [0.15, 0.2) is 30.3 Å². The van der Waals surface area contributed by atoms with Crippen LogP contribution in [0.4, 0.5) is 5.69 Å². The molecule has 88 valence electrons. The number of para-hydroxylation sites is 1. The zero-order valence-corrected chi connectivity index (χ0v) is 9.15. The highest BCUT2D eigenvalue weighted by atomic mass is 35.5.